The smallest absolute Gasteiger partial charge is 0.357 e. The number of nitrogens with zero attached hydrogens (tertiary/aromatic N) is 2. The lowest BCUT2D eigenvalue weighted by molar-refractivity contribution is -0.139. The first-order valence-corrected chi connectivity index (χ1v) is 14.1. The van der Waals surface area contributed by atoms with Gasteiger partial charge in [0.15, 0.2) is 0 Å². The van der Waals surface area contributed by atoms with Gasteiger partial charge < -0.3 is 10.2 Å². The van der Waals surface area contributed by atoms with Crippen molar-refractivity contribution in [3.8, 4) is 0 Å². The number of hydrogen-bond donors (Lipinski definition) is 1. The van der Waals surface area contributed by atoms with Crippen molar-refractivity contribution < 1.29 is 31.2 Å². The molecule has 0 aliphatic carbocycles. The largest absolute Gasteiger partial charge is 0.416 e. The summed E-state index contributed by atoms with van der Waals surface area (Å²) >= 11 is 18.8. The maximum atomic E-state index is 13.8. The number of nitrogens with one attached hydrogen (secondary N) is 1. The molecule has 1 atom stereocenters. The van der Waals surface area contributed by atoms with Gasteiger partial charge in [-0.05, 0) is 49.4 Å². The molecule has 0 radical (unpaired) electrons. The van der Waals surface area contributed by atoms with Gasteiger partial charge in [-0.15, -0.1) is 0 Å². The van der Waals surface area contributed by atoms with Crippen molar-refractivity contribution in [2.75, 3.05) is 17.9 Å². The summed E-state index contributed by atoms with van der Waals surface area (Å²) in [5, 5.41) is 2.43. The van der Waals surface area contributed by atoms with E-state index in [0.29, 0.717) is 16.4 Å². The molecule has 0 aliphatic rings. The van der Waals surface area contributed by atoms with Gasteiger partial charge in [-0.25, -0.2) is 8.42 Å². The average Bonchev–Trinajstić information content (AvgIpc) is 2.91. The molecule has 0 aliphatic heterocycles. The molecule has 214 valence electrons. The molecule has 1 N–H and O–H groups in total. The van der Waals surface area contributed by atoms with Gasteiger partial charge in [0.25, 0.3) is 10.0 Å². The minimum atomic E-state index is -4.83. The first-order chi connectivity index (χ1) is 18.7. The lowest BCUT2D eigenvalue weighted by Crippen LogP contribution is -2.50. The van der Waals surface area contributed by atoms with Gasteiger partial charge in [0.05, 0.1) is 21.2 Å². The number of rotatable bonds is 9. The predicted octanol–water partition coefficient (Wildman–Crippen LogP) is 6.02. The topological polar surface area (TPSA) is 86.8 Å². The van der Waals surface area contributed by atoms with Crippen LogP contribution in [-0.4, -0.2) is 44.8 Å². The molecule has 0 bridgehead atoms. The Bertz CT molecular complexity index is 1490. The second kappa shape index (κ2) is 12.7. The highest BCUT2D eigenvalue weighted by Gasteiger charge is 2.36. The van der Waals surface area contributed by atoms with Gasteiger partial charge >= 0.3 is 6.18 Å². The van der Waals surface area contributed by atoms with Crippen molar-refractivity contribution in [2.24, 2.45) is 0 Å². The molecular weight excluding hydrogens is 614 g/mol. The molecule has 0 heterocycles. The SMILES string of the molecule is CNC(=O)[C@@H](C)N(Cc1c(Cl)cccc1Cl)C(=O)CN(c1cc(C(F)(F)F)ccc1Cl)S(=O)(=O)c1ccccc1. The molecule has 2 amide bonds. The van der Waals surface area contributed by atoms with Crippen molar-refractivity contribution in [2.45, 2.75) is 30.6 Å². The molecular formula is C26H23Cl3F3N3O4S. The molecule has 0 spiro atoms. The number of sulfonamides is 1. The standard InChI is InChI=1S/C26H23Cl3F3N3O4S/c1-16(25(37)33-2)34(14-19-20(27)9-6-10-21(19)28)24(36)15-35(40(38,39)18-7-4-3-5-8-18)23-13-17(26(30,31)32)11-12-22(23)29/h3-13,16H,14-15H2,1-2H3,(H,33,37)/t16-/m1/s1. The molecule has 3 rings (SSSR count). The molecule has 0 fully saturated rings. The van der Waals surface area contributed by atoms with Gasteiger partial charge in [-0.3, -0.25) is 13.9 Å². The zero-order valence-electron chi connectivity index (χ0n) is 21.0. The summed E-state index contributed by atoms with van der Waals surface area (Å²) in [6.07, 6.45) is -4.83. The zero-order valence-corrected chi connectivity index (χ0v) is 24.1. The van der Waals surface area contributed by atoms with Gasteiger partial charge in [-0.2, -0.15) is 13.2 Å². The van der Waals surface area contributed by atoms with Crippen molar-refractivity contribution in [3.63, 3.8) is 0 Å². The van der Waals surface area contributed by atoms with Crippen LogP contribution in [0.1, 0.15) is 18.1 Å². The fraction of sp³-hybridized carbons (Fsp3) is 0.231. The summed E-state index contributed by atoms with van der Waals surface area (Å²) in [5.74, 6) is -1.52. The monoisotopic (exact) mass is 635 g/mol. The molecule has 0 unspecified atom stereocenters. The summed E-state index contributed by atoms with van der Waals surface area (Å²) in [6, 6.07) is 12.4. The predicted molar refractivity (Wildman–Crippen MR) is 148 cm³/mol. The summed E-state index contributed by atoms with van der Waals surface area (Å²) in [6.45, 7) is 0.0951. The van der Waals surface area contributed by atoms with E-state index in [2.05, 4.69) is 5.32 Å². The van der Waals surface area contributed by atoms with Crippen molar-refractivity contribution >= 4 is 62.3 Å². The molecule has 0 saturated heterocycles. The Balaban J connectivity index is 2.16. The van der Waals surface area contributed by atoms with E-state index in [9.17, 15) is 31.2 Å². The van der Waals surface area contributed by atoms with E-state index in [0.717, 1.165) is 11.0 Å². The number of anilines is 1. The molecule has 0 aromatic heterocycles. The van der Waals surface area contributed by atoms with E-state index >= 15 is 0 Å². The number of carbonyl (C=O) groups excluding carboxylic acids is 2. The number of alkyl halides is 3. The summed E-state index contributed by atoms with van der Waals surface area (Å²) in [5.41, 5.74) is -1.47. The third kappa shape index (κ3) is 7.01. The van der Waals surface area contributed by atoms with E-state index in [4.69, 9.17) is 34.8 Å². The van der Waals surface area contributed by atoms with Crippen LogP contribution in [0.15, 0.2) is 71.6 Å². The molecule has 3 aromatic carbocycles. The fourth-order valence-corrected chi connectivity index (χ4v) is 5.99. The Hall–Kier alpha value is -2.99. The third-order valence-corrected chi connectivity index (χ3v) is 8.76. The van der Waals surface area contributed by atoms with Crippen LogP contribution in [0.25, 0.3) is 0 Å². The van der Waals surface area contributed by atoms with Gasteiger partial charge in [-0.1, -0.05) is 59.1 Å². The Morgan fingerprint density at radius 1 is 0.925 bits per heavy atom. The number of benzene rings is 3. The van der Waals surface area contributed by atoms with Crippen LogP contribution in [0.3, 0.4) is 0 Å². The molecule has 40 heavy (non-hydrogen) atoms. The van der Waals surface area contributed by atoms with Crippen LogP contribution >= 0.6 is 34.8 Å². The van der Waals surface area contributed by atoms with E-state index in [-0.39, 0.29) is 32.1 Å². The summed E-state index contributed by atoms with van der Waals surface area (Å²) in [7, 11) is -3.28. The average molecular weight is 637 g/mol. The lowest BCUT2D eigenvalue weighted by Gasteiger charge is -2.32. The van der Waals surface area contributed by atoms with Crippen LogP contribution in [0, 0.1) is 0 Å². The summed E-state index contributed by atoms with van der Waals surface area (Å²) < 4.78 is 68.6. The quantitative estimate of drug-likeness (QED) is 0.311. The maximum Gasteiger partial charge on any atom is 0.416 e. The van der Waals surface area contributed by atoms with Crippen molar-refractivity contribution in [1.82, 2.24) is 10.2 Å². The first-order valence-electron chi connectivity index (χ1n) is 11.6. The Morgan fingerprint density at radius 3 is 2.08 bits per heavy atom. The first kappa shape index (κ1) is 31.5. The Morgan fingerprint density at radius 2 is 1.52 bits per heavy atom. The van der Waals surface area contributed by atoms with Crippen LogP contribution in [0.4, 0.5) is 18.9 Å². The molecule has 3 aromatic rings. The zero-order chi connectivity index (χ0) is 29.8. The van der Waals surface area contributed by atoms with Crippen LogP contribution in [0.2, 0.25) is 15.1 Å². The molecule has 0 saturated carbocycles. The van der Waals surface area contributed by atoms with Crippen LogP contribution in [-0.2, 0) is 32.3 Å². The highest BCUT2D eigenvalue weighted by molar-refractivity contribution is 7.92. The number of hydrogen-bond acceptors (Lipinski definition) is 4. The van der Waals surface area contributed by atoms with Crippen molar-refractivity contribution in [1.29, 1.82) is 0 Å². The minimum Gasteiger partial charge on any atom is -0.357 e. The van der Waals surface area contributed by atoms with Crippen LogP contribution in [0.5, 0.6) is 0 Å². The third-order valence-electron chi connectivity index (χ3n) is 5.96. The normalized spacial score (nSPS) is 12.5. The highest BCUT2D eigenvalue weighted by Crippen LogP contribution is 2.37. The second-order valence-electron chi connectivity index (χ2n) is 8.50. The summed E-state index contributed by atoms with van der Waals surface area (Å²) in [4.78, 5) is 27.1. The van der Waals surface area contributed by atoms with E-state index in [1.54, 1.807) is 12.1 Å². The minimum absolute atomic E-state index is 0.184. The van der Waals surface area contributed by atoms with E-state index in [1.807, 2.05) is 0 Å². The highest BCUT2D eigenvalue weighted by atomic mass is 35.5. The number of amides is 2. The van der Waals surface area contributed by atoms with Gasteiger partial charge in [0.2, 0.25) is 11.8 Å². The van der Waals surface area contributed by atoms with Crippen LogP contribution < -0.4 is 9.62 Å². The lowest BCUT2D eigenvalue weighted by atomic mass is 10.1. The fourth-order valence-electron chi connectivity index (χ4n) is 3.76. The van der Waals surface area contributed by atoms with Crippen molar-refractivity contribution in [3.05, 3.63) is 92.9 Å². The van der Waals surface area contributed by atoms with E-state index in [1.165, 1.54) is 50.4 Å². The maximum absolute atomic E-state index is 13.8. The Kier molecular flexibility index (Phi) is 9.99. The number of carbonyl (C=O) groups is 2. The number of halogens is 6. The second-order valence-corrected chi connectivity index (χ2v) is 11.6. The van der Waals surface area contributed by atoms with Gasteiger partial charge in [0, 0.05) is 29.2 Å². The van der Waals surface area contributed by atoms with Gasteiger partial charge in [0.1, 0.15) is 12.6 Å². The number of likely N-dealkylation sites (N-methyl/N-ethyl adjacent to an activating group) is 1. The molecule has 7 nitrogen and oxygen atoms in total. The van der Waals surface area contributed by atoms with E-state index < -0.39 is 51.9 Å². The Labute approximate surface area is 244 Å². The molecule has 14 heteroatoms.